The molecule has 0 heterocycles. The number of nitrogens with zero attached hydrogens (tertiary/aromatic N) is 1. The van der Waals surface area contributed by atoms with E-state index < -0.39 is 6.10 Å². The van der Waals surface area contributed by atoms with Crippen LogP contribution >= 0.6 is 0 Å². The Kier molecular flexibility index (Phi) is 8.22. The zero-order valence-corrected chi connectivity index (χ0v) is 12.9. The number of halogens is 1. The molecule has 1 aromatic rings. The summed E-state index contributed by atoms with van der Waals surface area (Å²) >= 11 is 0. The first kappa shape index (κ1) is 17.8. The lowest BCUT2D eigenvalue weighted by molar-refractivity contribution is 0.0695. The van der Waals surface area contributed by atoms with Crippen LogP contribution in [-0.2, 0) is 16.0 Å². The van der Waals surface area contributed by atoms with Crippen LogP contribution in [0.2, 0.25) is 0 Å². The molecule has 21 heavy (non-hydrogen) atoms. The van der Waals surface area contributed by atoms with Gasteiger partial charge in [-0.25, -0.2) is 4.39 Å². The summed E-state index contributed by atoms with van der Waals surface area (Å²) in [7, 11) is 5.05. The quantitative estimate of drug-likeness (QED) is 0.632. The molecule has 0 radical (unpaired) electrons. The standard InChI is InChI=1S/C15H25FN2O3/c1-18(10-14(19)11-21-3)15-5-4-13(16)8-12(15)9-17-6-7-20-2/h4-5,8,14,17,19H,6-7,9-11H2,1-3H3. The van der Waals surface area contributed by atoms with Gasteiger partial charge in [0.2, 0.25) is 0 Å². The maximum atomic E-state index is 13.4. The Morgan fingerprint density at radius 3 is 2.76 bits per heavy atom. The lowest BCUT2D eigenvalue weighted by Gasteiger charge is -2.25. The maximum absolute atomic E-state index is 13.4. The lowest BCUT2D eigenvalue weighted by Crippen LogP contribution is -2.33. The SMILES string of the molecule is COCCNCc1cc(F)ccc1N(C)CC(O)COC. The predicted octanol–water partition coefficient (Wildman–Crippen LogP) is 1.01. The van der Waals surface area contributed by atoms with Crippen LogP contribution in [0, 0.1) is 5.82 Å². The van der Waals surface area contributed by atoms with Crippen molar-refractivity contribution in [1.29, 1.82) is 0 Å². The van der Waals surface area contributed by atoms with E-state index in [0.29, 0.717) is 26.2 Å². The average Bonchev–Trinajstić information content (AvgIpc) is 2.43. The monoisotopic (exact) mass is 300 g/mol. The van der Waals surface area contributed by atoms with Gasteiger partial charge in [0, 0.05) is 46.6 Å². The minimum absolute atomic E-state index is 0.270. The zero-order chi connectivity index (χ0) is 15.7. The first-order valence-electron chi connectivity index (χ1n) is 6.94. The highest BCUT2D eigenvalue weighted by Gasteiger charge is 2.12. The second-order valence-electron chi connectivity index (χ2n) is 4.93. The van der Waals surface area contributed by atoms with Crippen LogP contribution < -0.4 is 10.2 Å². The van der Waals surface area contributed by atoms with Gasteiger partial charge in [0.25, 0.3) is 0 Å². The van der Waals surface area contributed by atoms with Crippen molar-refractivity contribution < 1.29 is 19.0 Å². The van der Waals surface area contributed by atoms with Crippen molar-refractivity contribution in [3.63, 3.8) is 0 Å². The molecule has 0 fully saturated rings. The van der Waals surface area contributed by atoms with Crippen LogP contribution in [0.15, 0.2) is 18.2 Å². The van der Waals surface area contributed by atoms with Gasteiger partial charge < -0.3 is 24.8 Å². The van der Waals surface area contributed by atoms with E-state index >= 15 is 0 Å². The van der Waals surface area contributed by atoms with E-state index in [1.165, 1.54) is 12.1 Å². The third-order valence-electron chi connectivity index (χ3n) is 3.09. The summed E-state index contributed by atoms with van der Waals surface area (Å²) in [6.45, 7) is 2.54. The molecule has 0 aliphatic carbocycles. The molecule has 120 valence electrons. The molecule has 0 spiro atoms. The molecule has 1 atom stereocenters. The number of hydrogen-bond acceptors (Lipinski definition) is 5. The molecular weight excluding hydrogens is 275 g/mol. The first-order valence-corrected chi connectivity index (χ1v) is 6.94. The zero-order valence-electron chi connectivity index (χ0n) is 12.9. The van der Waals surface area contributed by atoms with E-state index in [4.69, 9.17) is 9.47 Å². The third kappa shape index (κ3) is 6.39. The van der Waals surface area contributed by atoms with Crippen LogP contribution in [0.3, 0.4) is 0 Å². The largest absolute Gasteiger partial charge is 0.389 e. The second kappa shape index (κ2) is 9.68. The number of likely N-dealkylation sites (N-methyl/N-ethyl adjacent to an activating group) is 1. The smallest absolute Gasteiger partial charge is 0.123 e. The Hall–Kier alpha value is -1.21. The average molecular weight is 300 g/mol. The summed E-state index contributed by atoms with van der Waals surface area (Å²) < 4.78 is 23.3. The van der Waals surface area contributed by atoms with E-state index in [-0.39, 0.29) is 12.4 Å². The third-order valence-corrected chi connectivity index (χ3v) is 3.09. The van der Waals surface area contributed by atoms with Gasteiger partial charge in [-0.05, 0) is 23.8 Å². The molecular formula is C15H25FN2O3. The topological polar surface area (TPSA) is 54.0 Å². The fourth-order valence-electron chi connectivity index (χ4n) is 2.12. The number of aliphatic hydroxyl groups is 1. The van der Waals surface area contributed by atoms with Crippen LogP contribution in [0.25, 0.3) is 0 Å². The van der Waals surface area contributed by atoms with Crippen LogP contribution in [-0.4, -0.2) is 58.8 Å². The number of aliphatic hydroxyl groups excluding tert-OH is 1. The Morgan fingerprint density at radius 2 is 2.10 bits per heavy atom. The number of methoxy groups -OCH3 is 2. The molecule has 2 N–H and O–H groups in total. The van der Waals surface area contributed by atoms with E-state index in [2.05, 4.69) is 5.32 Å². The summed E-state index contributed by atoms with van der Waals surface area (Å²) in [5.74, 6) is -0.270. The second-order valence-corrected chi connectivity index (χ2v) is 4.93. The van der Waals surface area contributed by atoms with Gasteiger partial charge in [0.05, 0.1) is 19.3 Å². The number of anilines is 1. The molecule has 1 rings (SSSR count). The molecule has 1 aromatic carbocycles. The van der Waals surface area contributed by atoms with E-state index in [0.717, 1.165) is 11.3 Å². The van der Waals surface area contributed by atoms with Crippen LogP contribution in [0.4, 0.5) is 10.1 Å². The highest BCUT2D eigenvalue weighted by Crippen LogP contribution is 2.21. The van der Waals surface area contributed by atoms with E-state index in [1.54, 1.807) is 20.3 Å². The van der Waals surface area contributed by atoms with Gasteiger partial charge >= 0.3 is 0 Å². The fraction of sp³-hybridized carbons (Fsp3) is 0.600. The van der Waals surface area contributed by atoms with E-state index in [9.17, 15) is 9.50 Å². The van der Waals surface area contributed by atoms with Gasteiger partial charge in [-0.2, -0.15) is 0 Å². The van der Waals surface area contributed by atoms with Crippen molar-refractivity contribution in [2.75, 3.05) is 52.5 Å². The fourth-order valence-corrected chi connectivity index (χ4v) is 2.12. The first-order chi connectivity index (χ1) is 10.1. The number of hydrogen-bond donors (Lipinski definition) is 2. The predicted molar refractivity (Wildman–Crippen MR) is 81.1 cm³/mol. The number of rotatable bonds is 10. The Labute approximate surface area is 125 Å². The molecule has 6 heteroatoms. The molecule has 0 saturated heterocycles. The van der Waals surface area contributed by atoms with Crippen LogP contribution in [0.5, 0.6) is 0 Å². The van der Waals surface area contributed by atoms with Gasteiger partial charge in [-0.15, -0.1) is 0 Å². The highest BCUT2D eigenvalue weighted by molar-refractivity contribution is 5.53. The lowest BCUT2D eigenvalue weighted by atomic mass is 10.1. The Balaban J connectivity index is 2.70. The number of ether oxygens (including phenoxy) is 2. The van der Waals surface area contributed by atoms with Gasteiger partial charge in [-0.1, -0.05) is 0 Å². The van der Waals surface area contributed by atoms with Gasteiger partial charge in [0.1, 0.15) is 5.82 Å². The number of nitrogens with one attached hydrogen (secondary N) is 1. The summed E-state index contributed by atoms with van der Waals surface area (Å²) in [6, 6.07) is 4.66. The highest BCUT2D eigenvalue weighted by atomic mass is 19.1. The number of benzene rings is 1. The molecule has 0 aromatic heterocycles. The minimum Gasteiger partial charge on any atom is -0.389 e. The van der Waals surface area contributed by atoms with Gasteiger partial charge in [-0.3, -0.25) is 0 Å². The molecule has 5 nitrogen and oxygen atoms in total. The summed E-state index contributed by atoms with van der Waals surface area (Å²) in [4.78, 5) is 1.90. The molecule has 0 saturated carbocycles. The molecule has 0 aliphatic rings. The van der Waals surface area contributed by atoms with Crippen molar-refractivity contribution in [2.45, 2.75) is 12.6 Å². The van der Waals surface area contributed by atoms with Crippen LogP contribution in [0.1, 0.15) is 5.56 Å². The van der Waals surface area contributed by atoms with Crippen molar-refractivity contribution in [2.24, 2.45) is 0 Å². The Bertz CT molecular complexity index is 418. The summed E-state index contributed by atoms with van der Waals surface area (Å²) in [6.07, 6.45) is -0.584. The van der Waals surface area contributed by atoms with Crippen molar-refractivity contribution in [3.8, 4) is 0 Å². The Morgan fingerprint density at radius 1 is 1.33 bits per heavy atom. The summed E-state index contributed by atoms with van der Waals surface area (Å²) in [5, 5.41) is 13.0. The molecule has 0 aliphatic heterocycles. The normalized spacial score (nSPS) is 12.4. The molecule has 0 bridgehead atoms. The van der Waals surface area contributed by atoms with Gasteiger partial charge in [0.15, 0.2) is 0 Å². The molecule has 1 unspecified atom stereocenters. The molecule has 0 amide bonds. The van der Waals surface area contributed by atoms with Crippen molar-refractivity contribution >= 4 is 5.69 Å². The van der Waals surface area contributed by atoms with Crippen molar-refractivity contribution in [3.05, 3.63) is 29.6 Å². The van der Waals surface area contributed by atoms with Crippen molar-refractivity contribution in [1.82, 2.24) is 5.32 Å². The maximum Gasteiger partial charge on any atom is 0.123 e. The van der Waals surface area contributed by atoms with E-state index in [1.807, 2.05) is 11.9 Å². The minimum atomic E-state index is -0.584. The summed E-state index contributed by atoms with van der Waals surface area (Å²) in [5.41, 5.74) is 1.73.